The van der Waals surface area contributed by atoms with Gasteiger partial charge < -0.3 is 4.98 Å². The molecule has 1 aliphatic heterocycles. The lowest BCUT2D eigenvalue weighted by molar-refractivity contribution is 0.141. The minimum atomic E-state index is -3.44. The molecule has 0 amide bonds. The summed E-state index contributed by atoms with van der Waals surface area (Å²) in [6.07, 6.45) is 0. The van der Waals surface area contributed by atoms with E-state index in [1.54, 1.807) is 17.5 Å². The van der Waals surface area contributed by atoms with Crippen LogP contribution in [0.5, 0.6) is 0 Å². The van der Waals surface area contributed by atoms with Crippen LogP contribution in [0.25, 0.3) is 21.3 Å². The summed E-state index contributed by atoms with van der Waals surface area (Å²) < 4.78 is 27.4. The predicted molar refractivity (Wildman–Crippen MR) is 129 cm³/mol. The van der Waals surface area contributed by atoms with Crippen molar-refractivity contribution in [3.8, 4) is 11.1 Å². The first-order valence-corrected chi connectivity index (χ1v) is 13.5. The number of hydrogen-bond donors (Lipinski definition) is 1. The summed E-state index contributed by atoms with van der Waals surface area (Å²) >= 11 is 2.71. The van der Waals surface area contributed by atoms with Crippen LogP contribution in [0.4, 0.5) is 0 Å². The third-order valence-corrected chi connectivity index (χ3v) is 10.00. The highest BCUT2D eigenvalue weighted by Crippen LogP contribution is 2.31. The largest absolute Gasteiger partial charge is 0.309 e. The van der Waals surface area contributed by atoms with Gasteiger partial charge in [-0.25, -0.2) is 13.4 Å². The van der Waals surface area contributed by atoms with Crippen molar-refractivity contribution >= 4 is 42.9 Å². The second-order valence-corrected chi connectivity index (χ2v) is 11.7. The number of nitrogens with zero attached hydrogens (tertiary/aromatic N) is 3. The lowest BCUT2D eigenvalue weighted by atomic mass is 10.1. The first-order chi connectivity index (χ1) is 15.4. The summed E-state index contributed by atoms with van der Waals surface area (Å²) in [7, 11) is -3.44. The molecule has 1 saturated heterocycles. The lowest BCUT2D eigenvalue weighted by Crippen LogP contribution is -2.49. The number of nitrogens with one attached hydrogen (secondary N) is 1. The third-order valence-electron chi connectivity index (χ3n) is 5.85. The van der Waals surface area contributed by atoms with E-state index in [2.05, 4.69) is 9.88 Å². The molecule has 0 bridgehead atoms. The van der Waals surface area contributed by atoms with Gasteiger partial charge in [-0.1, -0.05) is 36.4 Å². The van der Waals surface area contributed by atoms with Gasteiger partial charge in [0.25, 0.3) is 15.6 Å². The maximum atomic E-state index is 13.0. The van der Waals surface area contributed by atoms with Crippen LogP contribution in [0.1, 0.15) is 18.8 Å². The molecule has 10 heteroatoms. The van der Waals surface area contributed by atoms with E-state index < -0.39 is 10.0 Å². The Kier molecular flexibility index (Phi) is 5.72. The second-order valence-electron chi connectivity index (χ2n) is 7.69. The number of sulfonamides is 1. The van der Waals surface area contributed by atoms with Crippen molar-refractivity contribution in [3.05, 3.63) is 69.4 Å². The Labute approximate surface area is 194 Å². The van der Waals surface area contributed by atoms with Gasteiger partial charge in [0.2, 0.25) is 0 Å². The Morgan fingerprint density at radius 2 is 1.78 bits per heavy atom. The number of benzene rings is 1. The molecule has 1 atom stereocenters. The molecule has 1 aliphatic rings. The van der Waals surface area contributed by atoms with E-state index in [0.29, 0.717) is 46.4 Å². The number of aromatic amines is 1. The Balaban J connectivity index is 1.36. The zero-order valence-corrected chi connectivity index (χ0v) is 19.8. The van der Waals surface area contributed by atoms with E-state index in [4.69, 9.17) is 4.98 Å². The lowest BCUT2D eigenvalue weighted by Gasteiger charge is -2.36. The minimum Gasteiger partial charge on any atom is -0.309 e. The maximum Gasteiger partial charge on any atom is 0.260 e. The number of piperazine rings is 1. The van der Waals surface area contributed by atoms with Crippen molar-refractivity contribution in [2.45, 2.75) is 17.2 Å². The van der Waals surface area contributed by atoms with Gasteiger partial charge in [0.05, 0.1) is 11.4 Å². The van der Waals surface area contributed by atoms with Gasteiger partial charge in [-0.2, -0.15) is 4.31 Å². The average Bonchev–Trinajstić information content (AvgIpc) is 3.50. The van der Waals surface area contributed by atoms with Gasteiger partial charge in [0, 0.05) is 37.1 Å². The monoisotopic (exact) mass is 486 g/mol. The molecule has 4 heterocycles. The van der Waals surface area contributed by atoms with Crippen LogP contribution >= 0.6 is 22.7 Å². The summed E-state index contributed by atoms with van der Waals surface area (Å²) in [5.74, 6) is 0.610. The molecule has 32 heavy (non-hydrogen) atoms. The standard InChI is InChI=1S/C22H22N4O3S3/c1-15(25-9-11-26(12-10-25)32(28,29)18-8-5-13-30-18)20-23-21(27)19-17(14-31-22(19)24-20)16-6-3-2-4-7-16/h2-8,13-15H,9-12H2,1H3,(H,23,24,27)/t15-/m1/s1. The van der Waals surface area contributed by atoms with Crippen LogP contribution in [0.3, 0.4) is 0 Å². The molecule has 4 aromatic rings. The highest BCUT2D eigenvalue weighted by Gasteiger charge is 2.31. The van der Waals surface area contributed by atoms with E-state index in [1.807, 2.05) is 42.6 Å². The van der Waals surface area contributed by atoms with Gasteiger partial charge >= 0.3 is 0 Å². The number of fused-ring (bicyclic) bond motifs is 1. The number of hydrogen-bond acceptors (Lipinski definition) is 7. The van der Waals surface area contributed by atoms with Crippen LogP contribution in [-0.2, 0) is 10.0 Å². The van der Waals surface area contributed by atoms with Gasteiger partial charge in [-0.3, -0.25) is 9.69 Å². The molecule has 1 N–H and O–H groups in total. The van der Waals surface area contributed by atoms with Crippen LogP contribution in [0.2, 0.25) is 0 Å². The molecular weight excluding hydrogens is 464 g/mol. The number of H-pyrrole nitrogens is 1. The van der Waals surface area contributed by atoms with Crippen molar-refractivity contribution in [1.29, 1.82) is 0 Å². The quantitative estimate of drug-likeness (QED) is 0.464. The fraction of sp³-hybridized carbons (Fsp3) is 0.273. The summed E-state index contributed by atoms with van der Waals surface area (Å²) in [6.45, 7) is 3.97. The van der Waals surface area contributed by atoms with E-state index >= 15 is 0 Å². The molecule has 0 saturated carbocycles. The topological polar surface area (TPSA) is 86.4 Å². The molecule has 7 nitrogen and oxygen atoms in total. The Morgan fingerprint density at radius 1 is 1.03 bits per heavy atom. The predicted octanol–water partition coefficient (Wildman–Crippen LogP) is 3.78. The van der Waals surface area contributed by atoms with Gasteiger partial charge in [-0.05, 0) is 23.9 Å². The zero-order valence-electron chi connectivity index (χ0n) is 17.4. The Hall–Kier alpha value is -2.37. The second kappa shape index (κ2) is 8.53. The molecule has 3 aromatic heterocycles. The highest BCUT2D eigenvalue weighted by molar-refractivity contribution is 7.91. The summed E-state index contributed by atoms with van der Waals surface area (Å²) in [5.41, 5.74) is 1.75. The van der Waals surface area contributed by atoms with E-state index in [1.165, 1.54) is 27.0 Å². The number of rotatable bonds is 5. The molecule has 5 rings (SSSR count). The van der Waals surface area contributed by atoms with Gasteiger partial charge in [-0.15, -0.1) is 22.7 Å². The summed E-state index contributed by atoms with van der Waals surface area (Å²) in [4.78, 5) is 23.6. The molecule has 0 spiro atoms. The zero-order chi connectivity index (χ0) is 22.3. The van der Waals surface area contributed by atoms with Crippen LogP contribution < -0.4 is 5.56 Å². The summed E-state index contributed by atoms with van der Waals surface area (Å²) in [6, 6.07) is 13.1. The first-order valence-electron chi connectivity index (χ1n) is 10.3. The number of thiophene rings is 2. The SMILES string of the molecule is C[C@H](c1nc2scc(-c3ccccc3)c2c(=O)[nH]1)N1CCN(S(=O)(=O)c2cccs2)CC1. The average molecular weight is 487 g/mol. The number of aromatic nitrogens is 2. The van der Waals surface area contributed by atoms with Crippen molar-refractivity contribution in [2.24, 2.45) is 0 Å². The molecule has 166 valence electrons. The van der Waals surface area contributed by atoms with E-state index in [0.717, 1.165) is 11.1 Å². The normalized spacial score (nSPS) is 17.0. The molecule has 1 aromatic carbocycles. The molecule has 0 aliphatic carbocycles. The first kappa shape index (κ1) is 21.5. The van der Waals surface area contributed by atoms with Crippen molar-refractivity contribution in [3.63, 3.8) is 0 Å². The van der Waals surface area contributed by atoms with Crippen LogP contribution in [0, 0.1) is 0 Å². The van der Waals surface area contributed by atoms with Crippen molar-refractivity contribution < 1.29 is 8.42 Å². The van der Waals surface area contributed by atoms with Crippen LogP contribution in [-0.4, -0.2) is 53.8 Å². The smallest absolute Gasteiger partial charge is 0.260 e. The third kappa shape index (κ3) is 3.82. The Morgan fingerprint density at radius 3 is 2.47 bits per heavy atom. The van der Waals surface area contributed by atoms with Crippen molar-refractivity contribution in [1.82, 2.24) is 19.2 Å². The molecule has 0 radical (unpaired) electrons. The molecular formula is C22H22N4O3S3. The fourth-order valence-electron chi connectivity index (χ4n) is 4.04. The van der Waals surface area contributed by atoms with Crippen LogP contribution in [0.15, 0.2) is 62.2 Å². The fourth-order valence-corrected chi connectivity index (χ4v) is 7.56. The summed E-state index contributed by atoms with van der Waals surface area (Å²) in [5, 5.41) is 4.37. The van der Waals surface area contributed by atoms with Gasteiger partial charge in [0.15, 0.2) is 0 Å². The maximum absolute atomic E-state index is 13.0. The van der Waals surface area contributed by atoms with Gasteiger partial charge in [0.1, 0.15) is 14.9 Å². The molecule has 1 fully saturated rings. The Bertz CT molecular complexity index is 1390. The van der Waals surface area contributed by atoms with Crippen molar-refractivity contribution in [2.75, 3.05) is 26.2 Å². The molecule has 0 unspecified atom stereocenters. The minimum absolute atomic E-state index is 0.124. The highest BCUT2D eigenvalue weighted by atomic mass is 32.2. The van der Waals surface area contributed by atoms with E-state index in [9.17, 15) is 13.2 Å². The van der Waals surface area contributed by atoms with E-state index in [-0.39, 0.29) is 11.6 Å².